The number of alkyl halides is 1. The number of methoxy groups -OCH3 is 1. The van der Waals surface area contributed by atoms with Crippen LogP contribution in [0.15, 0.2) is 24.3 Å². The SMILES string of the molecule is COCC1CC(Cl)C(COC2CCC(c3cccc(F)c3)CC2)N1. The summed E-state index contributed by atoms with van der Waals surface area (Å²) in [5.41, 5.74) is 1.12. The third-order valence-corrected chi connectivity index (χ3v) is 5.75. The summed E-state index contributed by atoms with van der Waals surface area (Å²) in [7, 11) is 1.71. The van der Waals surface area contributed by atoms with Crippen molar-refractivity contribution in [2.45, 2.75) is 61.6 Å². The number of halogens is 2. The molecule has 1 saturated carbocycles. The predicted octanol–water partition coefficient (Wildman–Crippen LogP) is 3.85. The van der Waals surface area contributed by atoms with Crippen LogP contribution in [0.2, 0.25) is 0 Å². The van der Waals surface area contributed by atoms with Crippen molar-refractivity contribution in [3.05, 3.63) is 35.6 Å². The van der Waals surface area contributed by atoms with Gasteiger partial charge in [0.05, 0.1) is 24.7 Å². The summed E-state index contributed by atoms with van der Waals surface area (Å²) in [6.07, 6.45) is 5.40. The first kappa shape index (κ1) is 18.1. The van der Waals surface area contributed by atoms with E-state index in [0.29, 0.717) is 31.3 Å². The Morgan fingerprint density at radius 1 is 1.21 bits per heavy atom. The molecule has 2 aliphatic rings. The second-order valence-corrected chi connectivity index (χ2v) is 7.60. The van der Waals surface area contributed by atoms with Crippen molar-refractivity contribution < 1.29 is 13.9 Å². The average Bonchev–Trinajstić information content (AvgIpc) is 2.93. The van der Waals surface area contributed by atoms with Crippen molar-refractivity contribution in [1.29, 1.82) is 0 Å². The fourth-order valence-corrected chi connectivity index (χ4v) is 4.30. The van der Waals surface area contributed by atoms with Crippen LogP contribution in [0.1, 0.15) is 43.6 Å². The van der Waals surface area contributed by atoms with Crippen LogP contribution in [0.4, 0.5) is 4.39 Å². The Labute approximate surface area is 148 Å². The number of ether oxygens (including phenoxy) is 2. The van der Waals surface area contributed by atoms with E-state index < -0.39 is 0 Å². The lowest BCUT2D eigenvalue weighted by molar-refractivity contribution is 0.0142. The van der Waals surface area contributed by atoms with Crippen LogP contribution in [-0.2, 0) is 9.47 Å². The fraction of sp³-hybridized carbons (Fsp3) is 0.684. The maximum atomic E-state index is 13.4. The number of benzene rings is 1. The minimum absolute atomic E-state index is 0.105. The van der Waals surface area contributed by atoms with Gasteiger partial charge in [-0.1, -0.05) is 12.1 Å². The Morgan fingerprint density at radius 2 is 2.00 bits per heavy atom. The zero-order valence-electron chi connectivity index (χ0n) is 14.2. The van der Waals surface area contributed by atoms with Gasteiger partial charge in [-0.3, -0.25) is 0 Å². The topological polar surface area (TPSA) is 30.5 Å². The molecule has 3 nitrogen and oxygen atoms in total. The highest BCUT2D eigenvalue weighted by Gasteiger charge is 2.33. The molecule has 1 aliphatic heterocycles. The molecular weight excluding hydrogens is 329 g/mol. The van der Waals surface area contributed by atoms with Gasteiger partial charge >= 0.3 is 0 Å². The van der Waals surface area contributed by atoms with Gasteiger partial charge in [-0.05, 0) is 55.7 Å². The minimum Gasteiger partial charge on any atom is -0.383 e. The van der Waals surface area contributed by atoms with Gasteiger partial charge in [0, 0.05) is 19.2 Å². The smallest absolute Gasteiger partial charge is 0.123 e. The highest BCUT2D eigenvalue weighted by Crippen LogP contribution is 2.34. The molecule has 0 amide bonds. The maximum Gasteiger partial charge on any atom is 0.123 e. The summed E-state index contributed by atoms with van der Waals surface area (Å²) in [5, 5.41) is 3.60. The summed E-state index contributed by atoms with van der Waals surface area (Å²) < 4.78 is 24.7. The number of rotatable bonds is 6. The van der Waals surface area contributed by atoms with Crippen molar-refractivity contribution in [2.75, 3.05) is 20.3 Å². The van der Waals surface area contributed by atoms with Crippen molar-refractivity contribution in [3.8, 4) is 0 Å². The molecule has 2 fully saturated rings. The second kappa shape index (κ2) is 8.61. The molecule has 3 unspecified atom stereocenters. The molecule has 0 radical (unpaired) electrons. The lowest BCUT2D eigenvalue weighted by Gasteiger charge is -2.30. The van der Waals surface area contributed by atoms with Crippen molar-refractivity contribution in [2.24, 2.45) is 0 Å². The number of hydrogen-bond acceptors (Lipinski definition) is 3. The molecular formula is C19H27ClFNO2. The van der Waals surface area contributed by atoms with Gasteiger partial charge in [-0.25, -0.2) is 4.39 Å². The van der Waals surface area contributed by atoms with Crippen LogP contribution >= 0.6 is 11.6 Å². The standard InChI is InChI=1S/C19H27ClFNO2/c1-23-11-16-10-18(20)19(22-16)12-24-17-7-5-13(6-8-17)14-3-2-4-15(21)9-14/h2-4,9,13,16-19,22H,5-8,10-12H2,1H3. The number of nitrogens with one attached hydrogen (secondary N) is 1. The maximum absolute atomic E-state index is 13.4. The van der Waals surface area contributed by atoms with Crippen LogP contribution in [0.25, 0.3) is 0 Å². The fourth-order valence-electron chi connectivity index (χ4n) is 3.94. The van der Waals surface area contributed by atoms with E-state index in [0.717, 1.165) is 37.7 Å². The molecule has 0 aromatic heterocycles. The zero-order valence-corrected chi connectivity index (χ0v) is 15.0. The Kier molecular flexibility index (Phi) is 6.50. The van der Waals surface area contributed by atoms with Crippen LogP contribution in [-0.4, -0.2) is 43.9 Å². The monoisotopic (exact) mass is 355 g/mol. The van der Waals surface area contributed by atoms with Crippen LogP contribution < -0.4 is 5.32 Å². The molecule has 1 N–H and O–H groups in total. The first-order valence-electron chi connectivity index (χ1n) is 8.92. The third-order valence-electron chi connectivity index (χ3n) is 5.27. The molecule has 1 aliphatic carbocycles. The quantitative estimate of drug-likeness (QED) is 0.786. The van der Waals surface area contributed by atoms with Gasteiger partial charge in [0.1, 0.15) is 5.82 Å². The first-order valence-corrected chi connectivity index (χ1v) is 9.35. The molecule has 134 valence electrons. The lowest BCUT2D eigenvalue weighted by Crippen LogP contribution is -2.39. The summed E-state index contributed by atoms with van der Waals surface area (Å²) >= 11 is 6.41. The van der Waals surface area contributed by atoms with Crippen LogP contribution in [0, 0.1) is 5.82 Å². The Bertz CT molecular complexity index is 522. The molecule has 5 heteroatoms. The molecule has 1 aromatic rings. The lowest BCUT2D eigenvalue weighted by atomic mass is 9.83. The van der Waals surface area contributed by atoms with Crippen molar-refractivity contribution in [1.82, 2.24) is 5.32 Å². The summed E-state index contributed by atoms with van der Waals surface area (Å²) in [6.45, 7) is 1.35. The van der Waals surface area contributed by atoms with E-state index in [2.05, 4.69) is 5.32 Å². The molecule has 3 atom stereocenters. The molecule has 1 saturated heterocycles. The molecule has 0 bridgehead atoms. The van der Waals surface area contributed by atoms with E-state index in [1.165, 1.54) is 6.07 Å². The van der Waals surface area contributed by atoms with Gasteiger partial charge < -0.3 is 14.8 Å². The Hall–Kier alpha value is -0.680. The molecule has 1 heterocycles. The van der Waals surface area contributed by atoms with E-state index in [4.69, 9.17) is 21.1 Å². The Morgan fingerprint density at radius 3 is 2.71 bits per heavy atom. The average molecular weight is 356 g/mol. The summed E-state index contributed by atoms with van der Waals surface area (Å²) in [4.78, 5) is 0. The highest BCUT2D eigenvalue weighted by atomic mass is 35.5. The first-order chi connectivity index (χ1) is 11.7. The molecule has 0 spiro atoms. The Balaban J connectivity index is 1.41. The third kappa shape index (κ3) is 4.69. The van der Waals surface area contributed by atoms with Crippen molar-refractivity contribution >= 4 is 11.6 Å². The largest absolute Gasteiger partial charge is 0.383 e. The molecule has 1 aromatic carbocycles. The van der Waals surface area contributed by atoms with Gasteiger partial charge in [0.25, 0.3) is 0 Å². The van der Waals surface area contributed by atoms with E-state index in [-0.39, 0.29) is 17.2 Å². The molecule has 3 rings (SSSR count). The summed E-state index contributed by atoms with van der Waals surface area (Å²) in [5.74, 6) is 0.314. The van der Waals surface area contributed by atoms with Gasteiger partial charge in [-0.15, -0.1) is 11.6 Å². The highest BCUT2D eigenvalue weighted by molar-refractivity contribution is 6.21. The van der Waals surface area contributed by atoms with Gasteiger partial charge in [0.2, 0.25) is 0 Å². The van der Waals surface area contributed by atoms with Crippen LogP contribution in [0.3, 0.4) is 0 Å². The van der Waals surface area contributed by atoms with Gasteiger partial charge in [-0.2, -0.15) is 0 Å². The normalized spacial score (nSPS) is 33.7. The van der Waals surface area contributed by atoms with Crippen molar-refractivity contribution in [3.63, 3.8) is 0 Å². The molecule has 24 heavy (non-hydrogen) atoms. The van der Waals surface area contributed by atoms with E-state index in [9.17, 15) is 4.39 Å². The number of hydrogen-bond donors (Lipinski definition) is 1. The van der Waals surface area contributed by atoms with Gasteiger partial charge in [0.15, 0.2) is 0 Å². The second-order valence-electron chi connectivity index (χ2n) is 7.04. The zero-order chi connectivity index (χ0) is 16.9. The van der Waals surface area contributed by atoms with E-state index >= 15 is 0 Å². The summed E-state index contributed by atoms with van der Waals surface area (Å²) in [6, 6.07) is 7.54. The predicted molar refractivity (Wildman–Crippen MR) is 94.2 cm³/mol. The minimum atomic E-state index is -0.142. The van der Waals surface area contributed by atoms with E-state index in [1.54, 1.807) is 19.2 Å². The van der Waals surface area contributed by atoms with E-state index in [1.807, 2.05) is 6.07 Å². The van der Waals surface area contributed by atoms with Crippen LogP contribution in [0.5, 0.6) is 0 Å².